The van der Waals surface area contributed by atoms with Crippen LogP contribution in [0.5, 0.6) is 0 Å². The van der Waals surface area contributed by atoms with E-state index in [0.717, 1.165) is 6.42 Å². The lowest BCUT2D eigenvalue weighted by Gasteiger charge is -2.41. The fourth-order valence-electron chi connectivity index (χ4n) is 6.11. The number of allylic oxidation sites excluding steroid dienone is 2. The number of hydrogen-bond donors (Lipinski definition) is 3. The van der Waals surface area contributed by atoms with Gasteiger partial charge in [-0.3, -0.25) is 28.9 Å². The lowest BCUT2D eigenvalue weighted by Crippen LogP contribution is -2.59. The maximum absolute atomic E-state index is 14.4. The van der Waals surface area contributed by atoms with Gasteiger partial charge < -0.3 is 31.5 Å². The molecular weight excluding hydrogens is 610 g/mol. The van der Waals surface area contributed by atoms with E-state index >= 15 is 0 Å². The number of carbonyl (C=O) groups excluding carboxylic acids is 5. The minimum Gasteiger partial charge on any atom is -0.368 e. The first-order valence-corrected chi connectivity index (χ1v) is 17.5. The molecule has 0 rings (SSSR count). The SMILES string of the molecule is C/C=C/C[C@@H](C)CC(C(N)=O)N(C)C(=O)[C@H](C(C)C)N(C)C(=O)[C@H](CC(C)C)N(C)C[C@H](CC(C)C)N(C)C(=O)[C@@H](C)NC(=O)[C@H](C)N. The lowest BCUT2D eigenvalue weighted by molar-refractivity contribution is -0.151. The summed E-state index contributed by atoms with van der Waals surface area (Å²) < 4.78 is 0. The van der Waals surface area contributed by atoms with E-state index in [4.69, 9.17) is 11.5 Å². The number of primary amides is 1. The molecule has 7 atom stereocenters. The van der Waals surface area contributed by atoms with E-state index in [1.165, 1.54) is 9.80 Å². The van der Waals surface area contributed by atoms with Crippen LogP contribution in [0.4, 0.5) is 0 Å². The molecule has 0 aliphatic carbocycles. The Labute approximate surface area is 291 Å². The maximum Gasteiger partial charge on any atom is 0.246 e. The van der Waals surface area contributed by atoms with E-state index in [2.05, 4.69) is 19.2 Å². The van der Waals surface area contributed by atoms with Crippen molar-refractivity contribution in [2.45, 2.75) is 131 Å². The molecule has 0 spiro atoms. The number of nitrogens with one attached hydrogen (secondary N) is 1. The van der Waals surface area contributed by atoms with Crippen LogP contribution in [0.1, 0.15) is 94.9 Å². The largest absolute Gasteiger partial charge is 0.368 e. The van der Waals surface area contributed by atoms with Gasteiger partial charge in [0.05, 0.1) is 12.1 Å². The predicted molar refractivity (Wildman–Crippen MR) is 194 cm³/mol. The van der Waals surface area contributed by atoms with Crippen molar-refractivity contribution < 1.29 is 24.0 Å². The summed E-state index contributed by atoms with van der Waals surface area (Å²) in [4.78, 5) is 73.1. The molecule has 0 aromatic heterocycles. The summed E-state index contributed by atoms with van der Waals surface area (Å²) in [6.07, 6.45) is 6.37. The van der Waals surface area contributed by atoms with E-state index in [0.29, 0.717) is 25.8 Å². The molecule has 0 aromatic rings. The summed E-state index contributed by atoms with van der Waals surface area (Å²) in [6.45, 7) is 19.6. The van der Waals surface area contributed by atoms with Crippen LogP contribution in [-0.2, 0) is 24.0 Å². The van der Waals surface area contributed by atoms with Crippen molar-refractivity contribution in [2.24, 2.45) is 35.1 Å². The molecule has 12 nitrogen and oxygen atoms in total. The molecule has 0 aliphatic heterocycles. The molecule has 5 amide bonds. The molecule has 0 bridgehead atoms. The third-order valence-electron chi connectivity index (χ3n) is 8.98. The van der Waals surface area contributed by atoms with Crippen LogP contribution >= 0.6 is 0 Å². The average molecular weight is 680 g/mol. The Bertz CT molecular complexity index is 1080. The van der Waals surface area contributed by atoms with Gasteiger partial charge in [0, 0.05) is 33.7 Å². The van der Waals surface area contributed by atoms with Gasteiger partial charge in [-0.1, -0.05) is 60.6 Å². The minimum atomic E-state index is -0.816. The molecule has 0 aromatic carbocycles. The highest BCUT2D eigenvalue weighted by Crippen LogP contribution is 2.23. The molecule has 0 radical (unpaired) electrons. The summed E-state index contributed by atoms with van der Waals surface area (Å²) in [5.41, 5.74) is 11.5. The van der Waals surface area contributed by atoms with Crippen molar-refractivity contribution in [3.05, 3.63) is 12.2 Å². The number of nitrogens with zero attached hydrogens (tertiary/aromatic N) is 4. The second-order valence-corrected chi connectivity index (χ2v) is 15.0. The molecule has 0 saturated heterocycles. The van der Waals surface area contributed by atoms with Gasteiger partial charge in [-0.15, -0.1) is 0 Å². The summed E-state index contributed by atoms with van der Waals surface area (Å²) >= 11 is 0. The number of rotatable bonds is 21. The number of likely N-dealkylation sites (N-methyl/N-ethyl adjacent to an activating group) is 4. The molecule has 0 aliphatic rings. The first-order valence-electron chi connectivity index (χ1n) is 17.5. The fourth-order valence-corrected chi connectivity index (χ4v) is 6.11. The Morgan fingerprint density at radius 1 is 0.708 bits per heavy atom. The van der Waals surface area contributed by atoms with Crippen LogP contribution in [-0.4, -0.2) is 120 Å². The molecule has 0 heterocycles. The number of nitrogens with two attached hydrogens (primary N) is 2. The van der Waals surface area contributed by atoms with E-state index < -0.39 is 42.0 Å². The van der Waals surface area contributed by atoms with Crippen molar-refractivity contribution >= 4 is 29.5 Å². The molecular formula is C36H69N7O5. The lowest BCUT2D eigenvalue weighted by atomic mass is 9.94. The number of carbonyl (C=O) groups is 5. The van der Waals surface area contributed by atoms with Crippen LogP contribution in [0.25, 0.3) is 0 Å². The molecule has 0 fully saturated rings. The highest BCUT2D eigenvalue weighted by molar-refractivity contribution is 5.93. The van der Waals surface area contributed by atoms with Gasteiger partial charge in [-0.05, 0) is 77.2 Å². The Morgan fingerprint density at radius 2 is 1.25 bits per heavy atom. The Morgan fingerprint density at radius 3 is 1.69 bits per heavy atom. The second kappa shape index (κ2) is 21.2. The highest BCUT2D eigenvalue weighted by Gasteiger charge is 2.40. The quantitative estimate of drug-likeness (QED) is 0.157. The van der Waals surface area contributed by atoms with Gasteiger partial charge in [0.25, 0.3) is 0 Å². The van der Waals surface area contributed by atoms with Gasteiger partial charge in [0.15, 0.2) is 0 Å². The van der Waals surface area contributed by atoms with Crippen molar-refractivity contribution in [1.82, 2.24) is 24.9 Å². The van der Waals surface area contributed by atoms with E-state index in [1.54, 1.807) is 39.9 Å². The van der Waals surface area contributed by atoms with Crippen LogP contribution in [0.2, 0.25) is 0 Å². The molecule has 48 heavy (non-hydrogen) atoms. The van der Waals surface area contributed by atoms with E-state index in [-0.39, 0.29) is 47.4 Å². The summed E-state index contributed by atoms with van der Waals surface area (Å²) in [5.74, 6) is -1.46. The second-order valence-electron chi connectivity index (χ2n) is 15.0. The molecule has 12 heteroatoms. The summed E-state index contributed by atoms with van der Waals surface area (Å²) in [6, 6.07) is -3.95. The first kappa shape index (κ1) is 45.0. The van der Waals surface area contributed by atoms with Crippen LogP contribution in [0.3, 0.4) is 0 Å². The Kier molecular flexibility index (Phi) is 19.9. The summed E-state index contributed by atoms with van der Waals surface area (Å²) in [5, 5.41) is 2.68. The van der Waals surface area contributed by atoms with Gasteiger partial charge in [-0.25, -0.2) is 0 Å². The van der Waals surface area contributed by atoms with Gasteiger partial charge in [0.1, 0.15) is 18.1 Å². The number of hydrogen-bond acceptors (Lipinski definition) is 7. The highest BCUT2D eigenvalue weighted by atomic mass is 16.2. The van der Waals surface area contributed by atoms with Crippen molar-refractivity contribution in [3.8, 4) is 0 Å². The van der Waals surface area contributed by atoms with E-state index in [9.17, 15) is 24.0 Å². The molecule has 1 unspecified atom stereocenters. The van der Waals surface area contributed by atoms with E-state index in [1.807, 2.05) is 65.6 Å². The summed E-state index contributed by atoms with van der Waals surface area (Å²) in [7, 11) is 6.84. The Hall–Kier alpha value is -2.99. The first-order chi connectivity index (χ1) is 22.1. The molecule has 0 saturated carbocycles. The smallest absolute Gasteiger partial charge is 0.246 e. The number of amides is 5. The normalized spacial score (nSPS) is 16.4. The molecule has 5 N–H and O–H groups in total. The van der Waals surface area contributed by atoms with Crippen molar-refractivity contribution in [1.29, 1.82) is 0 Å². The third kappa shape index (κ3) is 14.2. The van der Waals surface area contributed by atoms with Gasteiger partial charge >= 0.3 is 0 Å². The van der Waals surface area contributed by atoms with Crippen molar-refractivity contribution in [3.63, 3.8) is 0 Å². The maximum atomic E-state index is 14.4. The van der Waals surface area contributed by atoms with Crippen LogP contribution < -0.4 is 16.8 Å². The van der Waals surface area contributed by atoms with Gasteiger partial charge in [0.2, 0.25) is 29.5 Å². The predicted octanol–water partition coefficient (Wildman–Crippen LogP) is 2.85. The standard InChI is InChI=1S/C36H69N7O5/c1-15-16-17-25(8)20-29(32(38)44)42(13)36(48)31(24(6)7)43(14)35(47)30(19-23(4)5)40(11)21-28(18-22(2)3)41(12)34(46)27(10)39-33(45)26(9)37/h15-16,22-31H,17-21,37H2,1-14H3,(H2,38,44)(H,39,45)/b16-15+/t25-,26+,27-,28+,29?,30+,31+/m1/s1. The monoisotopic (exact) mass is 680 g/mol. The topological polar surface area (TPSA) is 162 Å². The van der Waals surface area contributed by atoms with Gasteiger partial charge in [-0.2, -0.15) is 0 Å². The third-order valence-corrected chi connectivity index (χ3v) is 8.98. The van der Waals surface area contributed by atoms with Crippen LogP contribution in [0.15, 0.2) is 12.2 Å². The van der Waals surface area contributed by atoms with Crippen LogP contribution in [0, 0.1) is 23.7 Å². The molecule has 278 valence electrons. The zero-order valence-corrected chi connectivity index (χ0v) is 32.4. The zero-order chi connectivity index (χ0) is 37.6. The Balaban J connectivity index is 6.33. The average Bonchev–Trinajstić information content (AvgIpc) is 2.98. The minimum absolute atomic E-state index is 0.127. The fraction of sp³-hybridized carbons (Fsp3) is 0.806. The van der Waals surface area contributed by atoms with Crippen molar-refractivity contribution in [2.75, 3.05) is 34.7 Å². The zero-order valence-electron chi connectivity index (χ0n) is 32.4.